The zero-order valence-corrected chi connectivity index (χ0v) is 21.2. The van der Waals surface area contributed by atoms with Gasteiger partial charge in [0, 0.05) is 22.3 Å². The average Bonchev–Trinajstić information content (AvgIpc) is 3.57. The van der Waals surface area contributed by atoms with E-state index < -0.39 is 0 Å². The molecule has 0 saturated heterocycles. The van der Waals surface area contributed by atoms with Crippen LogP contribution in [0.3, 0.4) is 0 Å². The lowest BCUT2D eigenvalue weighted by molar-refractivity contribution is 0.186. The molecule has 36 heavy (non-hydrogen) atoms. The molecule has 0 aliphatic carbocycles. The van der Waals surface area contributed by atoms with E-state index in [2.05, 4.69) is 22.1 Å². The van der Waals surface area contributed by atoms with Crippen molar-refractivity contribution >= 4 is 28.9 Å². The van der Waals surface area contributed by atoms with Gasteiger partial charge in [0.05, 0.1) is 31.6 Å². The van der Waals surface area contributed by atoms with Crippen LogP contribution >= 0.6 is 23.1 Å². The summed E-state index contributed by atoms with van der Waals surface area (Å²) in [5, 5.41) is 39.2. The summed E-state index contributed by atoms with van der Waals surface area (Å²) in [5.74, 6) is 2.45. The lowest BCUT2D eigenvalue weighted by atomic mass is 9.97. The van der Waals surface area contributed by atoms with Crippen molar-refractivity contribution in [3.8, 4) is 40.5 Å². The van der Waals surface area contributed by atoms with Crippen molar-refractivity contribution in [2.75, 3.05) is 26.1 Å². The smallest absolute Gasteiger partial charge is 0.227 e. The summed E-state index contributed by atoms with van der Waals surface area (Å²) >= 11 is 2.90. The fourth-order valence-electron chi connectivity index (χ4n) is 3.16. The molecule has 3 aromatic heterocycles. The predicted octanol–water partition coefficient (Wildman–Crippen LogP) is 4.37. The second-order valence-electron chi connectivity index (χ2n) is 7.15. The summed E-state index contributed by atoms with van der Waals surface area (Å²) in [6, 6.07) is 13.4. The highest BCUT2D eigenvalue weighted by Crippen LogP contribution is 2.37. The zero-order chi connectivity index (χ0) is 26.1. The zero-order valence-electron chi connectivity index (χ0n) is 19.6. The van der Waals surface area contributed by atoms with Crippen molar-refractivity contribution in [2.24, 2.45) is 0 Å². The van der Waals surface area contributed by atoms with Gasteiger partial charge in [-0.05, 0) is 36.1 Å². The largest absolute Gasteiger partial charge is 0.497 e. The Hall–Kier alpha value is -3.87. The minimum absolute atomic E-state index is 0.0793. The number of thiophene rings is 1. The third-order valence-corrected chi connectivity index (χ3v) is 6.57. The summed E-state index contributed by atoms with van der Waals surface area (Å²) < 4.78 is 11.0. The fraction of sp³-hybridized carbons (Fsp3) is 0.200. The van der Waals surface area contributed by atoms with Crippen LogP contribution in [-0.2, 0) is 5.75 Å². The third-order valence-electron chi connectivity index (χ3n) is 4.90. The van der Waals surface area contributed by atoms with Crippen LogP contribution in [0.5, 0.6) is 5.75 Å². The molecule has 184 valence electrons. The van der Waals surface area contributed by atoms with Crippen molar-refractivity contribution in [1.82, 2.24) is 9.97 Å². The summed E-state index contributed by atoms with van der Waals surface area (Å²) in [4.78, 5) is 8.94. The molecule has 4 rings (SSSR count). The molecule has 0 aliphatic heterocycles. The SMILES string of the molecule is COc1ccc(-c2c(C#N)c(N)nc(SCc3nc(-c4ccsc4)oc3C)c2C#N)cc1.OCCO. The number of nitrogens with zero attached hydrogens (tertiary/aromatic N) is 4. The van der Waals surface area contributed by atoms with Crippen LogP contribution in [0, 0.1) is 29.6 Å². The van der Waals surface area contributed by atoms with Crippen LogP contribution < -0.4 is 10.5 Å². The number of aromatic nitrogens is 2. The molecule has 3 heterocycles. The first-order valence-electron chi connectivity index (χ1n) is 10.6. The van der Waals surface area contributed by atoms with E-state index in [1.807, 2.05) is 23.8 Å². The maximum atomic E-state index is 9.94. The molecule has 9 nitrogen and oxygen atoms in total. The van der Waals surface area contributed by atoms with Crippen molar-refractivity contribution in [3.63, 3.8) is 0 Å². The number of nitrogen functional groups attached to an aromatic ring is 1. The number of methoxy groups -OCH3 is 1. The van der Waals surface area contributed by atoms with Crippen LogP contribution in [0.4, 0.5) is 5.82 Å². The predicted molar refractivity (Wildman–Crippen MR) is 138 cm³/mol. The van der Waals surface area contributed by atoms with Crippen LogP contribution in [0.2, 0.25) is 0 Å². The van der Waals surface area contributed by atoms with Gasteiger partial charge in [-0.15, -0.1) is 0 Å². The quantitative estimate of drug-likeness (QED) is 0.298. The average molecular weight is 522 g/mol. The van der Waals surface area contributed by atoms with Gasteiger partial charge in [0.15, 0.2) is 0 Å². The Kier molecular flexibility index (Phi) is 9.45. The molecule has 1 aromatic carbocycles. The lowest BCUT2D eigenvalue weighted by Crippen LogP contribution is -2.03. The minimum atomic E-state index is -0.125. The van der Waals surface area contributed by atoms with E-state index in [4.69, 9.17) is 25.1 Å². The highest BCUT2D eigenvalue weighted by atomic mass is 32.2. The van der Waals surface area contributed by atoms with Crippen molar-refractivity contribution < 1.29 is 19.4 Å². The molecule has 0 spiro atoms. The first-order chi connectivity index (χ1) is 17.5. The molecule has 0 aliphatic rings. The molecule has 0 radical (unpaired) electrons. The Morgan fingerprint density at radius 1 is 1.06 bits per heavy atom. The molecule has 0 fully saturated rings. The van der Waals surface area contributed by atoms with Crippen LogP contribution in [0.1, 0.15) is 22.6 Å². The third kappa shape index (κ3) is 6.03. The molecule has 4 aromatic rings. The van der Waals surface area contributed by atoms with Gasteiger partial charge >= 0.3 is 0 Å². The molecule has 0 atom stereocenters. The number of aliphatic hydroxyl groups is 2. The van der Waals surface area contributed by atoms with E-state index in [0.29, 0.717) is 44.9 Å². The first kappa shape index (κ1) is 26.7. The van der Waals surface area contributed by atoms with Gasteiger partial charge in [0.2, 0.25) is 5.89 Å². The number of aliphatic hydroxyl groups excluding tert-OH is 2. The number of hydrogen-bond donors (Lipinski definition) is 3. The van der Waals surface area contributed by atoms with Crippen molar-refractivity contribution in [3.05, 3.63) is 63.7 Å². The van der Waals surface area contributed by atoms with Crippen LogP contribution in [0.25, 0.3) is 22.6 Å². The van der Waals surface area contributed by atoms with E-state index >= 15 is 0 Å². The normalized spacial score (nSPS) is 10.2. The molecule has 4 N–H and O–H groups in total. The number of ether oxygens (including phenoxy) is 1. The highest BCUT2D eigenvalue weighted by molar-refractivity contribution is 7.98. The topological polar surface area (TPSA) is 162 Å². The summed E-state index contributed by atoms with van der Waals surface area (Å²) in [6.07, 6.45) is 0. The van der Waals surface area contributed by atoms with Gasteiger partial charge in [-0.25, -0.2) is 9.97 Å². The molecule has 0 saturated carbocycles. The summed E-state index contributed by atoms with van der Waals surface area (Å²) in [6.45, 7) is 1.60. The molecular weight excluding hydrogens is 498 g/mol. The Morgan fingerprint density at radius 3 is 2.31 bits per heavy atom. The maximum absolute atomic E-state index is 9.94. The second-order valence-corrected chi connectivity index (χ2v) is 8.89. The minimum Gasteiger partial charge on any atom is -0.497 e. The van der Waals surface area contributed by atoms with Gasteiger partial charge in [-0.1, -0.05) is 23.9 Å². The number of rotatable bonds is 7. The Labute approximate surface area is 216 Å². The number of benzene rings is 1. The molecule has 0 amide bonds. The number of nitriles is 2. The highest BCUT2D eigenvalue weighted by Gasteiger charge is 2.21. The van der Waals surface area contributed by atoms with Gasteiger partial charge in [0.1, 0.15) is 40.1 Å². The number of hydrogen-bond acceptors (Lipinski definition) is 11. The van der Waals surface area contributed by atoms with E-state index in [0.717, 1.165) is 11.3 Å². The molecule has 0 bridgehead atoms. The van der Waals surface area contributed by atoms with Crippen molar-refractivity contribution in [1.29, 1.82) is 10.5 Å². The van der Waals surface area contributed by atoms with E-state index in [1.54, 1.807) is 42.7 Å². The Morgan fingerprint density at radius 2 is 1.75 bits per heavy atom. The van der Waals surface area contributed by atoms with Crippen LogP contribution in [0.15, 0.2) is 50.5 Å². The summed E-state index contributed by atoms with van der Waals surface area (Å²) in [5.41, 5.74) is 9.41. The second kappa shape index (κ2) is 12.7. The number of anilines is 1. The van der Waals surface area contributed by atoms with Crippen molar-refractivity contribution in [2.45, 2.75) is 17.7 Å². The van der Waals surface area contributed by atoms with E-state index in [-0.39, 0.29) is 24.6 Å². The van der Waals surface area contributed by atoms with Gasteiger partial charge in [-0.3, -0.25) is 0 Å². The number of oxazole rings is 1. The standard InChI is InChI=1S/C23H17N5O2S2.C2H6O2/c1-13-19(27-22(30-13)15-7-8-31-11-15)12-32-23-18(10-25)20(17(9-24)21(26)28-23)14-3-5-16(29-2)6-4-14;3-1-2-4/h3-8,11H,12H2,1-2H3,(H2,26,28);3-4H,1-2H2. The van der Waals surface area contributed by atoms with Gasteiger partial charge < -0.3 is 25.1 Å². The monoisotopic (exact) mass is 521 g/mol. The molecular formula is C25H23N5O4S2. The van der Waals surface area contributed by atoms with Gasteiger partial charge in [0.25, 0.3) is 0 Å². The maximum Gasteiger partial charge on any atom is 0.227 e. The molecule has 0 unspecified atom stereocenters. The van der Waals surface area contributed by atoms with Crippen LogP contribution in [-0.4, -0.2) is 40.5 Å². The number of aryl methyl sites for hydroxylation is 1. The Balaban J connectivity index is 0.000000840. The number of pyridine rings is 1. The Bertz CT molecular complexity index is 1390. The van der Waals surface area contributed by atoms with E-state index in [1.165, 1.54) is 11.8 Å². The summed E-state index contributed by atoms with van der Waals surface area (Å²) in [7, 11) is 1.57. The van der Waals surface area contributed by atoms with E-state index in [9.17, 15) is 10.5 Å². The lowest BCUT2D eigenvalue weighted by Gasteiger charge is -2.13. The number of nitrogens with two attached hydrogens (primary N) is 1. The molecule has 11 heteroatoms. The number of thioether (sulfide) groups is 1. The fourth-order valence-corrected chi connectivity index (χ4v) is 4.78. The first-order valence-corrected chi connectivity index (χ1v) is 12.5. The van der Waals surface area contributed by atoms with Gasteiger partial charge in [-0.2, -0.15) is 21.9 Å².